The zero-order valence-corrected chi connectivity index (χ0v) is 20.0. The van der Waals surface area contributed by atoms with Crippen LogP contribution in [-0.4, -0.2) is 36.8 Å². The number of nitrogens with zero attached hydrogens (tertiary/aromatic N) is 1. The fourth-order valence-electron chi connectivity index (χ4n) is 3.58. The van der Waals surface area contributed by atoms with Crippen LogP contribution in [-0.2, 0) is 16.4 Å². The molecule has 1 amide bonds. The van der Waals surface area contributed by atoms with E-state index in [-0.39, 0.29) is 29.0 Å². The zero-order valence-electron chi connectivity index (χ0n) is 15.4. The van der Waals surface area contributed by atoms with Gasteiger partial charge in [0, 0.05) is 32.7 Å². The molecular formula is C20H15Cl4NO3S2. The Kier molecular flexibility index (Phi) is 6.28. The Morgan fingerprint density at radius 2 is 1.83 bits per heavy atom. The lowest BCUT2D eigenvalue weighted by molar-refractivity contribution is 0.0686. The minimum Gasteiger partial charge on any atom is -0.329 e. The van der Waals surface area contributed by atoms with Crippen LogP contribution in [0.2, 0.25) is 20.1 Å². The highest BCUT2D eigenvalue weighted by molar-refractivity contribution is 7.91. The molecule has 1 unspecified atom stereocenters. The molecule has 2 heterocycles. The molecular weight excluding hydrogens is 508 g/mol. The molecule has 0 bridgehead atoms. The van der Waals surface area contributed by atoms with Crippen LogP contribution in [0.5, 0.6) is 0 Å². The Labute approximate surface area is 198 Å². The average molecular weight is 523 g/mol. The van der Waals surface area contributed by atoms with E-state index in [4.69, 9.17) is 46.4 Å². The molecule has 10 heteroatoms. The molecule has 0 spiro atoms. The molecule has 0 aliphatic carbocycles. The molecule has 4 rings (SSSR count). The van der Waals surface area contributed by atoms with Crippen LogP contribution in [0, 0.1) is 0 Å². The summed E-state index contributed by atoms with van der Waals surface area (Å²) in [4.78, 5) is 15.4. The van der Waals surface area contributed by atoms with Crippen molar-refractivity contribution in [3.05, 3.63) is 66.9 Å². The van der Waals surface area contributed by atoms with Gasteiger partial charge >= 0.3 is 0 Å². The van der Waals surface area contributed by atoms with Crippen molar-refractivity contribution in [2.75, 3.05) is 11.5 Å². The van der Waals surface area contributed by atoms with E-state index < -0.39 is 15.9 Å². The SMILES string of the molecule is O=C(c1sc2cc(Cl)cc(Cl)c2c1Cl)N(Cc1ccccc1Cl)C1CCS(=O)(=O)C1. The molecule has 1 aromatic heterocycles. The average Bonchev–Trinajstić information content (AvgIpc) is 3.19. The third-order valence-corrected chi connectivity index (χ3v) is 9.30. The number of carbonyl (C=O) groups excluding carboxylic acids is 1. The number of carbonyl (C=O) groups is 1. The zero-order chi connectivity index (χ0) is 21.6. The van der Waals surface area contributed by atoms with E-state index >= 15 is 0 Å². The number of sulfone groups is 1. The van der Waals surface area contributed by atoms with E-state index in [1.807, 2.05) is 12.1 Å². The fourth-order valence-corrected chi connectivity index (χ4v) is 7.83. The number of halogens is 4. The van der Waals surface area contributed by atoms with Gasteiger partial charge in [-0.2, -0.15) is 0 Å². The minimum absolute atomic E-state index is 0.0472. The van der Waals surface area contributed by atoms with E-state index in [2.05, 4.69) is 0 Å². The van der Waals surface area contributed by atoms with Crippen LogP contribution in [0.4, 0.5) is 0 Å². The molecule has 1 saturated heterocycles. The van der Waals surface area contributed by atoms with E-state index in [0.717, 1.165) is 5.56 Å². The summed E-state index contributed by atoms with van der Waals surface area (Å²) in [5.74, 6) is -0.389. The van der Waals surface area contributed by atoms with Gasteiger partial charge in [-0.1, -0.05) is 64.6 Å². The van der Waals surface area contributed by atoms with E-state index in [1.54, 1.807) is 29.2 Å². The van der Waals surface area contributed by atoms with Gasteiger partial charge in [0.15, 0.2) is 9.84 Å². The maximum atomic E-state index is 13.6. The molecule has 1 aliphatic rings. The molecule has 0 N–H and O–H groups in total. The molecule has 30 heavy (non-hydrogen) atoms. The number of amides is 1. The van der Waals surface area contributed by atoms with Gasteiger partial charge in [0.1, 0.15) is 4.88 Å². The van der Waals surface area contributed by atoms with Gasteiger partial charge in [0.2, 0.25) is 0 Å². The predicted molar refractivity (Wildman–Crippen MR) is 125 cm³/mol. The number of fused-ring (bicyclic) bond motifs is 1. The lowest BCUT2D eigenvalue weighted by atomic mass is 10.1. The lowest BCUT2D eigenvalue weighted by Gasteiger charge is -2.28. The van der Waals surface area contributed by atoms with Gasteiger partial charge in [0.05, 0.1) is 21.6 Å². The van der Waals surface area contributed by atoms with Crippen molar-refractivity contribution in [3.63, 3.8) is 0 Å². The van der Waals surface area contributed by atoms with Crippen LogP contribution in [0.25, 0.3) is 10.1 Å². The fraction of sp³-hybridized carbons (Fsp3) is 0.250. The first-order valence-corrected chi connectivity index (χ1v) is 13.1. The molecule has 1 atom stereocenters. The van der Waals surface area contributed by atoms with Crippen molar-refractivity contribution in [2.24, 2.45) is 0 Å². The van der Waals surface area contributed by atoms with Gasteiger partial charge < -0.3 is 4.90 Å². The second-order valence-electron chi connectivity index (χ2n) is 7.09. The maximum Gasteiger partial charge on any atom is 0.266 e. The van der Waals surface area contributed by atoms with Gasteiger partial charge in [-0.15, -0.1) is 11.3 Å². The minimum atomic E-state index is -3.20. The van der Waals surface area contributed by atoms with Crippen LogP contribution < -0.4 is 0 Å². The standard InChI is InChI=1S/C20H15Cl4NO3S2/c21-12-7-15(23)17-16(8-12)29-19(18(17)24)20(26)25(13-5-6-30(27,28)10-13)9-11-3-1-2-4-14(11)22/h1-4,7-8,13H,5-6,9-10H2. The Balaban J connectivity index is 1.78. The van der Waals surface area contributed by atoms with E-state index in [1.165, 1.54) is 11.3 Å². The first-order chi connectivity index (χ1) is 14.2. The summed E-state index contributed by atoms with van der Waals surface area (Å²) in [6, 6.07) is 9.99. The van der Waals surface area contributed by atoms with Gasteiger partial charge in [-0.3, -0.25) is 4.79 Å². The first kappa shape index (κ1) is 22.2. The molecule has 4 nitrogen and oxygen atoms in total. The second-order valence-corrected chi connectivity index (χ2v) is 12.0. The lowest BCUT2D eigenvalue weighted by Crippen LogP contribution is -2.40. The van der Waals surface area contributed by atoms with E-state index in [0.29, 0.717) is 36.5 Å². The van der Waals surface area contributed by atoms with Crippen molar-refractivity contribution >= 4 is 83.6 Å². The number of hydrogen-bond acceptors (Lipinski definition) is 4. The summed E-state index contributed by atoms with van der Waals surface area (Å²) in [5.41, 5.74) is 0.732. The van der Waals surface area contributed by atoms with Gasteiger partial charge in [-0.05, 0) is 30.2 Å². The van der Waals surface area contributed by atoms with Crippen molar-refractivity contribution in [3.8, 4) is 0 Å². The highest BCUT2D eigenvalue weighted by atomic mass is 35.5. The summed E-state index contributed by atoms with van der Waals surface area (Å²) in [6.07, 6.45) is 0.369. The van der Waals surface area contributed by atoms with Crippen molar-refractivity contribution < 1.29 is 13.2 Å². The summed E-state index contributed by atoms with van der Waals surface area (Å²) in [6.45, 7) is 0.178. The molecule has 0 radical (unpaired) electrons. The third kappa shape index (κ3) is 4.31. The van der Waals surface area contributed by atoms with Gasteiger partial charge in [-0.25, -0.2) is 8.42 Å². The maximum absolute atomic E-state index is 13.6. The summed E-state index contributed by atoms with van der Waals surface area (Å²) >= 11 is 26.4. The summed E-state index contributed by atoms with van der Waals surface area (Å²) in [5, 5.41) is 2.12. The molecule has 158 valence electrons. The van der Waals surface area contributed by atoms with E-state index in [9.17, 15) is 13.2 Å². The smallest absolute Gasteiger partial charge is 0.266 e. The molecule has 1 aliphatic heterocycles. The van der Waals surface area contributed by atoms with Crippen LogP contribution in [0.15, 0.2) is 36.4 Å². The van der Waals surface area contributed by atoms with Crippen LogP contribution >= 0.6 is 57.7 Å². The third-order valence-electron chi connectivity index (χ3n) is 5.05. The Hall–Kier alpha value is -1.02. The highest BCUT2D eigenvalue weighted by Gasteiger charge is 2.36. The molecule has 2 aromatic carbocycles. The normalized spacial score (nSPS) is 18.1. The number of hydrogen-bond donors (Lipinski definition) is 0. The second kappa shape index (κ2) is 8.49. The van der Waals surface area contributed by atoms with Crippen LogP contribution in [0.1, 0.15) is 21.7 Å². The van der Waals surface area contributed by atoms with Crippen LogP contribution in [0.3, 0.4) is 0 Å². The van der Waals surface area contributed by atoms with Crippen molar-refractivity contribution in [1.29, 1.82) is 0 Å². The monoisotopic (exact) mass is 521 g/mol. The summed E-state index contributed by atoms with van der Waals surface area (Å²) < 4.78 is 24.9. The molecule has 3 aromatic rings. The van der Waals surface area contributed by atoms with Crippen molar-refractivity contribution in [1.82, 2.24) is 4.90 Å². The first-order valence-electron chi connectivity index (χ1n) is 8.98. The number of rotatable bonds is 4. The Morgan fingerprint density at radius 1 is 1.10 bits per heavy atom. The Bertz CT molecular complexity index is 1260. The molecule has 1 fully saturated rings. The Morgan fingerprint density at radius 3 is 2.50 bits per heavy atom. The van der Waals surface area contributed by atoms with Gasteiger partial charge in [0.25, 0.3) is 5.91 Å². The number of thiophene rings is 1. The van der Waals surface area contributed by atoms with Crippen molar-refractivity contribution in [2.45, 2.75) is 19.0 Å². The highest BCUT2D eigenvalue weighted by Crippen LogP contribution is 2.42. The quantitative estimate of drug-likeness (QED) is 0.401. The largest absolute Gasteiger partial charge is 0.329 e. The number of benzene rings is 2. The molecule has 0 saturated carbocycles. The topological polar surface area (TPSA) is 54.5 Å². The summed E-state index contributed by atoms with van der Waals surface area (Å²) in [7, 11) is -3.20. The predicted octanol–water partition coefficient (Wildman–Crippen LogP) is 6.34.